The van der Waals surface area contributed by atoms with Crippen molar-refractivity contribution in [3.63, 3.8) is 0 Å². The highest BCUT2D eigenvalue weighted by Crippen LogP contribution is 2.24. The molecule has 0 aliphatic heterocycles. The molecule has 0 saturated heterocycles. The summed E-state index contributed by atoms with van der Waals surface area (Å²) in [5.41, 5.74) is 6.31. The number of aryl methyl sites for hydroxylation is 2. The van der Waals surface area contributed by atoms with Crippen molar-refractivity contribution in [1.29, 1.82) is 0 Å². The predicted octanol–water partition coefficient (Wildman–Crippen LogP) is 3.99. The second kappa shape index (κ2) is 4.88. The smallest absolute Gasteiger partial charge is 0.150 e. The highest BCUT2D eigenvalue weighted by atomic mass is 16.1. The van der Waals surface area contributed by atoms with Gasteiger partial charge in [0.15, 0.2) is 0 Å². The number of carbonyl (C=O) groups excluding carboxylic acids is 1. The van der Waals surface area contributed by atoms with Gasteiger partial charge in [0.05, 0.1) is 0 Å². The zero-order chi connectivity index (χ0) is 14.2. The Hall–Kier alpha value is -2.35. The highest BCUT2D eigenvalue weighted by Gasteiger charge is 2.11. The molecule has 3 aromatic rings. The second-order valence-corrected chi connectivity index (χ2v) is 5.84. The van der Waals surface area contributed by atoms with Crippen molar-refractivity contribution in [1.82, 2.24) is 4.57 Å². The van der Waals surface area contributed by atoms with E-state index < -0.39 is 0 Å². The van der Waals surface area contributed by atoms with E-state index in [2.05, 4.69) is 35.0 Å². The van der Waals surface area contributed by atoms with Crippen LogP contribution in [0.1, 0.15) is 33.5 Å². The van der Waals surface area contributed by atoms with Gasteiger partial charge >= 0.3 is 0 Å². The molecule has 2 nitrogen and oxygen atoms in total. The van der Waals surface area contributed by atoms with Crippen LogP contribution >= 0.6 is 0 Å². The maximum atomic E-state index is 10.8. The first-order valence-corrected chi connectivity index (χ1v) is 7.48. The summed E-state index contributed by atoms with van der Waals surface area (Å²) in [5.74, 6) is 0. The number of hydrogen-bond acceptors (Lipinski definition) is 1. The molecule has 21 heavy (non-hydrogen) atoms. The Morgan fingerprint density at radius 3 is 2.81 bits per heavy atom. The lowest BCUT2D eigenvalue weighted by Crippen LogP contribution is -1.99. The van der Waals surface area contributed by atoms with E-state index in [0.29, 0.717) is 0 Å². The van der Waals surface area contributed by atoms with Crippen LogP contribution in [0.5, 0.6) is 0 Å². The SMILES string of the molecule is O=Cc1ccc2c(ccn2Cc2ccc3c(c2)CCC3)c1. The summed E-state index contributed by atoms with van der Waals surface area (Å²) in [6.45, 7) is 0.886. The maximum absolute atomic E-state index is 10.8. The van der Waals surface area contributed by atoms with E-state index in [9.17, 15) is 4.79 Å². The lowest BCUT2D eigenvalue weighted by molar-refractivity contribution is 0.112. The van der Waals surface area contributed by atoms with Crippen molar-refractivity contribution in [2.24, 2.45) is 0 Å². The first kappa shape index (κ1) is 12.4. The lowest BCUT2D eigenvalue weighted by atomic mass is 10.1. The minimum Gasteiger partial charge on any atom is -0.343 e. The molecule has 0 unspecified atom stereocenters. The number of benzene rings is 2. The average molecular weight is 275 g/mol. The molecular formula is C19H17NO. The van der Waals surface area contributed by atoms with Crippen LogP contribution in [0.25, 0.3) is 10.9 Å². The molecule has 1 aliphatic rings. The third-order valence-corrected chi connectivity index (χ3v) is 4.45. The Bertz CT molecular complexity index is 829. The molecule has 0 saturated carbocycles. The zero-order valence-corrected chi connectivity index (χ0v) is 11.9. The number of carbonyl (C=O) groups is 1. The van der Waals surface area contributed by atoms with Gasteiger partial charge < -0.3 is 4.57 Å². The number of rotatable bonds is 3. The Labute approximate surface area is 124 Å². The Balaban J connectivity index is 1.69. The summed E-state index contributed by atoms with van der Waals surface area (Å²) in [5, 5.41) is 1.13. The molecule has 0 amide bonds. The van der Waals surface area contributed by atoms with E-state index in [0.717, 1.165) is 23.8 Å². The number of aldehydes is 1. The van der Waals surface area contributed by atoms with E-state index in [1.54, 1.807) is 0 Å². The number of nitrogens with zero attached hydrogens (tertiary/aromatic N) is 1. The fourth-order valence-electron chi connectivity index (χ4n) is 3.35. The normalized spacial score (nSPS) is 13.5. The van der Waals surface area contributed by atoms with Gasteiger partial charge in [-0.05, 0) is 60.2 Å². The molecule has 0 fully saturated rings. The summed E-state index contributed by atoms with van der Waals surface area (Å²) in [4.78, 5) is 10.8. The molecule has 2 aromatic carbocycles. The van der Waals surface area contributed by atoms with Crippen LogP contribution in [0.2, 0.25) is 0 Å². The molecule has 1 heterocycles. The quantitative estimate of drug-likeness (QED) is 0.662. The van der Waals surface area contributed by atoms with E-state index in [1.807, 2.05) is 18.2 Å². The van der Waals surface area contributed by atoms with Crippen molar-refractivity contribution in [3.05, 3.63) is 70.9 Å². The summed E-state index contributed by atoms with van der Waals surface area (Å²) >= 11 is 0. The van der Waals surface area contributed by atoms with E-state index in [4.69, 9.17) is 0 Å². The molecular weight excluding hydrogens is 258 g/mol. The Morgan fingerprint density at radius 1 is 1.00 bits per heavy atom. The van der Waals surface area contributed by atoms with Crippen LogP contribution in [0.3, 0.4) is 0 Å². The molecule has 0 N–H and O–H groups in total. The average Bonchev–Trinajstić information content (AvgIpc) is 3.13. The molecule has 0 spiro atoms. The van der Waals surface area contributed by atoms with Crippen molar-refractivity contribution < 1.29 is 4.79 Å². The standard InChI is InChI=1S/C19H17NO/c21-13-15-5-7-19-18(11-15)8-9-20(19)12-14-4-6-16-2-1-3-17(16)10-14/h4-11,13H,1-3,12H2. The third-order valence-electron chi connectivity index (χ3n) is 4.45. The van der Waals surface area contributed by atoms with Crippen LogP contribution in [-0.4, -0.2) is 10.9 Å². The van der Waals surface area contributed by atoms with Crippen LogP contribution in [-0.2, 0) is 19.4 Å². The van der Waals surface area contributed by atoms with Gasteiger partial charge in [0.2, 0.25) is 0 Å². The molecule has 0 radical (unpaired) electrons. The molecule has 2 heteroatoms. The summed E-state index contributed by atoms with van der Waals surface area (Å²) in [7, 11) is 0. The first-order valence-electron chi connectivity index (χ1n) is 7.48. The molecule has 1 aliphatic carbocycles. The molecule has 104 valence electrons. The van der Waals surface area contributed by atoms with Gasteiger partial charge in [-0.3, -0.25) is 4.79 Å². The third kappa shape index (κ3) is 2.17. The lowest BCUT2D eigenvalue weighted by Gasteiger charge is -2.08. The molecule has 0 bridgehead atoms. The Kier molecular flexibility index (Phi) is 2.88. The number of fused-ring (bicyclic) bond motifs is 2. The van der Waals surface area contributed by atoms with Crippen molar-refractivity contribution in [2.45, 2.75) is 25.8 Å². The van der Waals surface area contributed by atoms with Crippen LogP contribution in [0, 0.1) is 0 Å². The summed E-state index contributed by atoms with van der Waals surface area (Å²) in [6.07, 6.45) is 6.75. The topological polar surface area (TPSA) is 22.0 Å². The molecule has 4 rings (SSSR count). The van der Waals surface area contributed by atoms with Gasteiger partial charge in [0, 0.05) is 29.2 Å². The highest BCUT2D eigenvalue weighted by molar-refractivity contribution is 5.87. The van der Waals surface area contributed by atoms with E-state index in [-0.39, 0.29) is 0 Å². The number of hydrogen-bond donors (Lipinski definition) is 0. The summed E-state index contributed by atoms with van der Waals surface area (Å²) < 4.78 is 2.25. The second-order valence-electron chi connectivity index (χ2n) is 5.84. The van der Waals surface area contributed by atoms with Gasteiger partial charge in [0.25, 0.3) is 0 Å². The van der Waals surface area contributed by atoms with E-state index in [1.165, 1.54) is 41.5 Å². The van der Waals surface area contributed by atoms with Gasteiger partial charge in [-0.1, -0.05) is 18.2 Å². The van der Waals surface area contributed by atoms with Crippen LogP contribution in [0.4, 0.5) is 0 Å². The fourth-order valence-corrected chi connectivity index (χ4v) is 3.35. The van der Waals surface area contributed by atoms with Gasteiger partial charge in [-0.25, -0.2) is 0 Å². The molecule has 0 atom stereocenters. The van der Waals surface area contributed by atoms with Crippen molar-refractivity contribution in [3.8, 4) is 0 Å². The molecule has 1 aromatic heterocycles. The monoisotopic (exact) mass is 275 g/mol. The summed E-state index contributed by atoms with van der Waals surface area (Å²) in [6, 6.07) is 14.8. The van der Waals surface area contributed by atoms with Gasteiger partial charge in [0.1, 0.15) is 6.29 Å². The van der Waals surface area contributed by atoms with Gasteiger partial charge in [-0.2, -0.15) is 0 Å². The minimum absolute atomic E-state index is 0.734. The van der Waals surface area contributed by atoms with Crippen molar-refractivity contribution >= 4 is 17.2 Å². The largest absolute Gasteiger partial charge is 0.343 e. The maximum Gasteiger partial charge on any atom is 0.150 e. The van der Waals surface area contributed by atoms with Crippen LogP contribution < -0.4 is 0 Å². The van der Waals surface area contributed by atoms with Gasteiger partial charge in [-0.15, -0.1) is 0 Å². The Morgan fingerprint density at radius 2 is 1.90 bits per heavy atom. The van der Waals surface area contributed by atoms with Crippen LogP contribution in [0.15, 0.2) is 48.7 Å². The van der Waals surface area contributed by atoms with Crippen molar-refractivity contribution in [2.75, 3.05) is 0 Å². The predicted molar refractivity (Wildman–Crippen MR) is 84.9 cm³/mol. The zero-order valence-electron chi connectivity index (χ0n) is 11.9. The van der Waals surface area contributed by atoms with E-state index >= 15 is 0 Å². The number of aromatic nitrogens is 1. The minimum atomic E-state index is 0.734. The fraction of sp³-hybridized carbons (Fsp3) is 0.211. The first-order chi connectivity index (χ1) is 10.3.